The Morgan fingerprint density at radius 2 is 2.12 bits per heavy atom. The molecule has 1 aliphatic heterocycles. The Morgan fingerprint density at radius 3 is 2.94 bits per heavy atom. The molecule has 1 aromatic heterocycles. The average molecular weight is 255 g/mol. The molecule has 3 rings (SSSR count). The Hall–Kier alpha value is -0.840. The largest absolute Gasteiger partial charge is 0.378 e. The fraction of sp³-hybridized carbons (Fsp3) is 0.364. The van der Waals surface area contributed by atoms with Crippen molar-refractivity contribution in [3.05, 3.63) is 22.7 Å². The Balaban J connectivity index is 1.97. The van der Waals surface area contributed by atoms with Crippen molar-refractivity contribution in [3.8, 4) is 0 Å². The molecule has 5 heteroatoms. The normalized spacial score (nSPS) is 16.9. The van der Waals surface area contributed by atoms with E-state index >= 15 is 0 Å². The van der Waals surface area contributed by atoms with Crippen LogP contribution in [0.1, 0.15) is 0 Å². The zero-order valence-electron chi connectivity index (χ0n) is 8.65. The van der Waals surface area contributed by atoms with Gasteiger partial charge in [0.2, 0.25) is 0 Å². The van der Waals surface area contributed by atoms with Crippen molar-refractivity contribution in [3.63, 3.8) is 0 Å². The summed E-state index contributed by atoms with van der Waals surface area (Å²) in [4.78, 5) is 6.57. The highest BCUT2D eigenvalue weighted by Gasteiger charge is 2.12. The highest BCUT2D eigenvalue weighted by Crippen LogP contribution is 2.29. The van der Waals surface area contributed by atoms with E-state index in [0.717, 1.165) is 36.5 Å². The van der Waals surface area contributed by atoms with Crippen LogP contribution < -0.4 is 4.90 Å². The molecule has 0 radical (unpaired) electrons. The SMILES string of the molecule is Clc1nc2ccc(N3CCOCC3)cc2s1. The van der Waals surface area contributed by atoms with Gasteiger partial charge in [-0.2, -0.15) is 0 Å². The van der Waals surface area contributed by atoms with E-state index in [1.54, 1.807) is 0 Å². The van der Waals surface area contributed by atoms with Crippen LogP contribution in [0.2, 0.25) is 4.47 Å². The zero-order chi connectivity index (χ0) is 11.0. The molecule has 1 aromatic carbocycles. The van der Waals surface area contributed by atoms with Crippen molar-refractivity contribution in [1.29, 1.82) is 0 Å². The van der Waals surface area contributed by atoms with Gasteiger partial charge in [0.05, 0.1) is 23.4 Å². The first-order valence-corrected chi connectivity index (χ1v) is 6.41. The quantitative estimate of drug-likeness (QED) is 0.783. The number of hydrogen-bond acceptors (Lipinski definition) is 4. The van der Waals surface area contributed by atoms with Crippen LogP contribution in [-0.4, -0.2) is 31.3 Å². The summed E-state index contributed by atoms with van der Waals surface area (Å²) in [5, 5.41) is 0. The first-order chi connectivity index (χ1) is 7.83. The summed E-state index contributed by atoms with van der Waals surface area (Å²) in [7, 11) is 0. The molecule has 1 aliphatic rings. The van der Waals surface area contributed by atoms with Gasteiger partial charge in [0.1, 0.15) is 0 Å². The van der Waals surface area contributed by atoms with E-state index in [1.807, 2.05) is 6.07 Å². The van der Waals surface area contributed by atoms with Crippen molar-refractivity contribution in [2.45, 2.75) is 0 Å². The van der Waals surface area contributed by atoms with Gasteiger partial charge in [-0.15, -0.1) is 11.3 Å². The third-order valence-electron chi connectivity index (χ3n) is 2.72. The van der Waals surface area contributed by atoms with Gasteiger partial charge in [-0.05, 0) is 18.2 Å². The molecular weight excluding hydrogens is 244 g/mol. The van der Waals surface area contributed by atoms with Gasteiger partial charge in [-0.3, -0.25) is 0 Å². The second kappa shape index (κ2) is 4.20. The highest BCUT2D eigenvalue weighted by atomic mass is 35.5. The minimum atomic E-state index is 0.606. The molecule has 84 valence electrons. The molecule has 2 heterocycles. The van der Waals surface area contributed by atoms with Crippen LogP contribution in [0.4, 0.5) is 5.69 Å². The second-order valence-electron chi connectivity index (χ2n) is 3.72. The predicted molar refractivity (Wildman–Crippen MR) is 67.7 cm³/mol. The maximum Gasteiger partial charge on any atom is 0.184 e. The third kappa shape index (κ3) is 1.88. The van der Waals surface area contributed by atoms with E-state index in [1.165, 1.54) is 17.0 Å². The van der Waals surface area contributed by atoms with Crippen molar-refractivity contribution >= 4 is 38.8 Å². The Bertz CT molecular complexity index is 508. The molecule has 0 atom stereocenters. The van der Waals surface area contributed by atoms with Crippen molar-refractivity contribution in [1.82, 2.24) is 4.98 Å². The maximum atomic E-state index is 5.90. The standard InChI is InChI=1S/C11H11ClN2OS/c12-11-13-9-2-1-8(7-10(9)16-11)14-3-5-15-6-4-14/h1-2,7H,3-6H2. The lowest BCUT2D eigenvalue weighted by Gasteiger charge is -2.28. The van der Waals surface area contributed by atoms with Crippen LogP contribution >= 0.6 is 22.9 Å². The van der Waals surface area contributed by atoms with Crippen LogP contribution in [0, 0.1) is 0 Å². The number of anilines is 1. The number of rotatable bonds is 1. The van der Waals surface area contributed by atoms with E-state index < -0.39 is 0 Å². The molecule has 1 fully saturated rings. The molecule has 0 spiro atoms. The Morgan fingerprint density at radius 1 is 1.31 bits per heavy atom. The lowest BCUT2D eigenvalue weighted by atomic mass is 10.2. The van der Waals surface area contributed by atoms with E-state index in [9.17, 15) is 0 Å². The van der Waals surface area contributed by atoms with Gasteiger partial charge in [-0.1, -0.05) is 11.6 Å². The third-order valence-corrected chi connectivity index (χ3v) is 3.84. The van der Waals surface area contributed by atoms with Crippen LogP contribution in [0.5, 0.6) is 0 Å². The fourth-order valence-electron chi connectivity index (χ4n) is 1.90. The lowest BCUT2D eigenvalue weighted by molar-refractivity contribution is 0.122. The van der Waals surface area contributed by atoms with Gasteiger partial charge >= 0.3 is 0 Å². The number of hydrogen-bond donors (Lipinski definition) is 0. The number of fused-ring (bicyclic) bond motifs is 1. The number of nitrogens with zero attached hydrogens (tertiary/aromatic N) is 2. The number of benzene rings is 1. The van der Waals surface area contributed by atoms with Crippen LogP contribution in [-0.2, 0) is 4.74 Å². The summed E-state index contributed by atoms with van der Waals surface area (Å²) in [6.45, 7) is 3.53. The summed E-state index contributed by atoms with van der Waals surface area (Å²) in [5.41, 5.74) is 2.21. The molecule has 1 saturated heterocycles. The van der Waals surface area contributed by atoms with Gasteiger partial charge in [-0.25, -0.2) is 4.98 Å². The second-order valence-corrected chi connectivity index (χ2v) is 5.33. The van der Waals surface area contributed by atoms with Gasteiger partial charge in [0.25, 0.3) is 0 Å². The van der Waals surface area contributed by atoms with Crippen LogP contribution in [0.25, 0.3) is 10.2 Å². The molecule has 3 nitrogen and oxygen atoms in total. The lowest BCUT2D eigenvalue weighted by Crippen LogP contribution is -2.36. The zero-order valence-corrected chi connectivity index (χ0v) is 10.2. The smallest absolute Gasteiger partial charge is 0.184 e. The van der Waals surface area contributed by atoms with Crippen molar-refractivity contribution < 1.29 is 4.74 Å². The molecule has 0 aliphatic carbocycles. The molecule has 0 unspecified atom stereocenters. The number of ether oxygens (including phenoxy) is 1. The first kappa shape index (κ1) is 10.3. The van der Waals surface area contributed by atoms with Gasteiger partial charge < -0.3 is 9.64 Å². The van der Waals surface area contributed by atoms with E-state index in [-0.39, 0.29) is 0 Å². The molecular formula is C11H11ClN2OS. The summed E-state index contributed by atoms with van der Waals surface area (Å²) in [5.74, 6) is 0. The summed E-state index contributed by atoms with van der Waals surface area (Å²) in [6.07, 6.45) is 0. The summed E-state index contributed by atoms with van der Waals surface area (Å²) in [6, 6.07) is 6.29. The minimum Gasteiger partial charge on any atom is -0.378 e. The molecule has 0 bridgehead atoms. The summed E-state index contributed by atoms with van der Waals surface area (Å²) < 4.78 is 7.09. The molecule has 0 amide bonds. The van der Waals surface area contributed by atoms with Gasteiger partial charge in [0.15, 0.2) is 4.47 Å². The van der Waals surface area contributed by atoms with Gasteiger partial charge in [0, 0.05) is 18.8 Å². The summed E-state index contributed by atoms with van der Waals surface area (Å²) >= 11 is 7.42. The maximum absolute atomic E-state index is 5.90. The average Bonchev–Trinajstić information content (AvgIpc) is 2.69. The number of halogens is 1. The highest BCUT2D eigenvalue weighted by molar-refractivity contribution is 7.22. The molecule has 16 heavy (non-hydrogen) atoms. The van der Waals surface area contributed by atoms with Crippen molar-refractivity contribution in [2.24, 2.45) is 0 Å². The monoisotopic (exact) mass is 254 g/mol. The molecule has 2 aromatic rings. The number of thiazole rings is 1. The van der Waals surface area contributed by atoms with E-state index in [2.05, 4.69) is 22.0 Å². The minimum absolute atomic E-state index is 0.606. The predicted octanol–water partition coefficient (Wildman–Crippen LogP) is 2.79. The first-order valence-electron chi connectivity index (χ1n) is 5.22. The Kier molecular flexibility index (Phi) is 2.71. The topological polar surface area (TPSA) is 25.4 Å². The fourth-order valence-corrected chi connectivity index (χ4v) is 2.97. The van der Waals surface area contributed by atoms with Crippen LogP contribution in [0.15, 0.2) is 18.2 Å². The number of aromatic nitrogens is 1. The molecule has 0 saturated carbocycles. The number of morpholine rings is 1. The Labute approximate surface area is 103 Å². The van der Waals surface area contributed by atoms with E-state index in [0.29, 0.717) is 4.47 Å². The van der Waals surface area contributed by atoms with Crippen LogP contribution in [0.3, 0.4) is 0 Å². The molecule has 0 N–H and O–H groups in total. The van der Waals surface area contributed by atoms with E-state index in [4.69, 9.17) is 16.3 Å². The van der Waals surface area contributed by atoms with Crippen molar-refractivity contribution in [2.75, 3.05) is 31.2 Å².